The molecule has 30 heavy (non-hydrogen) atoms. The van der Waals surface area contributed by atoms with Crippen molar-refractivity contribution in [3.05, 3.63) is 40.1 Å². The van der Waals surface area contributed by atoms with Crippen molar-refractivity contribution < 1.29 is 22.7 Å². The molecule has 0 fully saturated rings. The van der Waals surface area contributed by atoms with E-state index >= 15 is 0 Å². The molecule has 6 rings (SSSR count). The number of fused-ring (bicyclic) bond motifs is 4. The van der Waals surface area contributed by atoms with Crippen LogP contribution in [-0.2, 0) is 40.4 Å². The van der Waals surface area contributed by atoms with Crippen molar-refractivity contribution in [3.8, 4) is 5.88 Å². The van der Waals surface area contributed by atoms with E-state index in [1.807, 2.05) is 0 Å². The third-order valence-corrected chi connectivity index (χ3v) is 7.50. The fourth-order valence-corrected chi connectivity index (χ4v) is 5.74. The third-order valence-electron chi connectivity index (χ3n) is 6.18. The number of hydrogen-bond donors (Lipinski definition) is 2. The molecular formula is C20H20N4O5S. The molecule has 2 aliphatic heterocycles. The lowest BCUT2D eigenvalue weighted by Gasteiger charge is -2.29. The lowest BCUT2D eigenvalue weighted by atomic mass is 9.99. The number of urea groups is 1. The summed E-state index contributed by atoms with van der Waals surface area (Å²) in [5.41, 5.74) is 6.50. The second-order valence-electron chi connectivity index (χ2n) is 8.01. The lowest BCUT2D eigenvalue weighted by molar-refractivity contribution is 0.168. The van der Waals surface area contributed by atoms with E-state index in [0.29, 0.717) is 12.5 Å². The normalized spacial score (nSPS) is 18.4. The van der Waals surface area contributed by atoms with E-state index in [9.17, 15) is 13.2 Å². The number of anilines is 1. The summed E-state index contributed by atoms with van der Waals surface area (Å²) >= 11 is 0. The number of carbonyl (C=O) groups is 1. The average molecular weight is 428 g/mol. The molecule has 1 aromatic carbocycles. The Bertz CT molecular complexity index is 1210. The maximum Gasteiger partial charge on any atom is 0.333 e. The van der Waals surface area contributed by atoms with Crippen molar-refractivity contribution in [2.45, 2.75) is 43.4 Å². The van der Waals surface area contributed by atoms with E-state index in [-0.39, 0.29) is 17.4 Å². The van der Waals surface area contributed by atoms with Gasteiger partial charge in [0.2, 0.25) is 11.8 Å². The van der Waals surface area contributed by atoms with Crippen molar-refractivity contribution >= 4 is 27.6 Å². The fourth-order valence-electron chi connectivity index (χ4n) is 4.78. The first-order valence-electron chi connectivity index (χ1n) is 10.1. The van der Waals surface area contributed by atoms with Crippen LogP contribution >= 0.6 is 0 Å². The Morgan fingerprint density at radius 1 is 1.03 bits per heavy atom. The number of sulfonamides is 1. The summed E-state index contributed by atoms with van der Waals surface area (Å²) in [5.74, 6) is 0.549. The van der Waals surface area contributed by atoms with Crippen molar-refractivity contribution in [1.82, 2.24) is 14.5 Å². The van der Waals surface area contributed by atoms with Gasteiger partial charge in [0.05, 0.1) is 11.8 Å². The zero-order valence-electron chi connectivity index (χ0n) is 16.2. The van der Waals surface area contributed by atoms with E-state index in [4.69, 9.17) is 9.47 Å². The molecular weight excluding hydrogens is 408 g/mol. The van der Waals surface area contributed by atoms with Gasteiger partial charge in [-0.1, -0.05) is 6.07 Å². The number of nitrogens with one attached hydrogen (secondary N) is 2. The van der Waals surface area contributed by atoms with Gasteiger partial charge in [0.25, 0.3) is 10.0 Å². The maximum atomic E-state index is 12.9. The highest BCUT2D eigenvalue weighted by Gasteiger charge is 2.36. The molecule has 3 heterocycles. The van der Waals surface area contributed by atoms with Crippen molar-refractivity contribution in [2.75, 3.05) is 18.5 Å². The molecule has 2 aromatic rings. The van der Waals surface area contributed by atoms with Crippen LogP contribution in [0.2, 0.25) is 0 Å². The molecule has 0 saturated heterocycles. The zero-order valence-corrected chi connectivity index (χ0v) is 17.0. The molecule has 156 valence electrons. The molecule has 0 unspecified atom stereocenters. The molecule has 9 nitrogen and oxygen atoms in total. The van der Waals surface area contributed by atoms with Gasteiger partial charge in [0.1, 0.15) is 13.2 Å². The van der Waals surface area contributed by atoms with Gasteiger partial charge < -0.3 is 14.8 Å². The summed E-state index contributed by atoms with van der Waals surface area (Å²) in [6, 6.07) is 1.48. The van der Waals surface area contributed by atoms with Gasteiger partial charge in [-0.25, -0.2) is 17.9 Å². The summed E-state index contributed by atoms with van der Waals surface area (Å²) in [6.07, 6.45) is 7.05. The number of aryl methyl sites for hydroxylation is 2. The predicted molar refractivity (Wildman–Crippen MR) is 107 cm³/mol. The fraction of sp³-hybridized carbons (Fsp3) is 0.400. The summed E-state index contributed by atoms with van der Waals surface area (Å²) < 4.78 is 40.1. The van der Waals surface area contributed by atoms with Gasteiger partial charge in [-0.2, -0.15) is 9.78 Å². The molecule has 4 aliphatic rings. The number of amides is 2. The smallest absolute Gasteiger partial charge is 0.333 e. The van der Waals surface area contributed by atoms with Crippen LogP contribution in [0.25, 0.3) is 5.88 Å². The number of benzene rings is 1. The van der Waals surface area contributed by atoms with Gasteiger partial charge in [0.15, 0.2) is 4.90 Å². The first-order chi connectivity index (χ1) is 14.5. The molecule has 2 amide bonds. The standard InChI is InChI=1S/C20H20N4O5S/c25-20(22-17-14-5-1-3-11(14)7-12-4-2-6-15(12)17)23-30(26,27)16-8-21-24-18-13(9-28-18)10-29-19(16)24/h7-8H,1-6,9-10H2,(H2,22,23,25). The first-order valence-corrected chi connectivity index (χ1v) is 11.6. The minimum absolute atomic E-state index is 0.0512. The van der Waals surface area contributed by atoms with Crippen molar-refractivity contribution in [1.29, 1.82) is 0 Å². The number of rotatable bonds is 3. The molecule has 2 aliphatic carbocycles. The van der Waals surface area contributed by atoms with E-state index in [1.165, 1.54) is 22.0 Å². The van der Waals surface area contributed by atoms with Crippen LogP contribution < -0.4 is 14.8 Å². The largest absolute Gasteiger partial charge is 0.473 e. The van der Waals surface area contributed by atoms with Gasteiger partial charge in [-0.15, -0.1) is 0 Å². The highest BCUT2D eigenvalue weighted by Crippen LogP contribution is 2.39. The summed E-state index contributed by atoms with van der Waals surface area (Å²) in [4.78, 5) is 12.5. The highest BCUT2D eigenvalue weighted by molar-refractivity contribution is 7.90. The third kappa shape index (κ3) is 2.56. The summed E-state index contributed by atoms with van der Waals surface area (Å²) in [6.45, 7) is 0.696. The number of hydrogen-bond acceptors (Lipinski definition) is 6. The average Bonchev–Trinajstić information content (AvgIpc) is 3.39. The van der Waals surface area contributed by atoms with Crippen LogP contribution in [0.5, 0.6) is 5.88 Å². The molecule has 0 spiro atoms. The Morgan fingerprint density at radius 2 is 1.73 bits per heavy atom. The molecule has 2 N–H and O–H groups in total. The van der Waals surface area contributed by atoms with Crippen LogP contribution in [0.1, 0.15) is 35.1 Å². The van der Waals surface area contributed by atoms with Gasteiger partial charge in [-0.3, -0.25) is 0 Å². The molecule has 1 aromatic heterocycles. The topological polar surface area (TPSA) is 112 Å². The SMILES string of the molecule is O=C(Nc1c2c(cc3c1CCC3)CCC2)NS(=O)(=O)c1cnn2c1OCC1=C2OC1. The van der Waals surface area contributed by atoms with Gasteiger partial charge in [-0.05, 0) is 60.8 Å². The first kappa shape index (κ1) is 17.8. The molecule has 0 radical (unpaired) electrons. The Hall–Kier alpha value is -3.01. The summed E-state index contributed by atoms with van der Waals surface area (Å²) in [7, 11) is -4.17. The van der Waals surface area contributed by atoms with Crippen molar-refractivity contribution in [3.63, 3.8) is 0 Å². The second-order valence-corrected chi connectivity index (χ2v) is 9.66. The Kier molecular flexibility index (Phi) is 3.71. The van der Waals surface area contributed by atoms with Crippen LogP contribution in [0.15, 0.2) is 22.7 Å². The zero-order chi connectivity index (χ0) is 20.5. The molecule has 10 heteroatoms. The Balaban J connectivity index is 1.28. The predicted octanol–water partition coefficient (Wildman–Crippen LogP) is 1.96. The second kappa shape index (κ2) is 6.24. The maximum absolute atomic E-state index is 12.9. The number of ether oxygens (including phenoxy) is 2. The van der Waals surface area contributed by atoms with E-state index in [1.54, 1.807) is 0 Å². The minimum atomic E-state index is -4.17. The van der Waals surface area contributed by atoms with E-state index in [0.717, 1.165) is 60.9 Å². The highest BCUT2D eigenvalue weighted by atomic mass is 32.2. The summed E-state index contributed by atoms with van der Waals surface area (Å²) in [5, 5.41) is 6.89. The lowest BCUT2D eigenvalue weighted by Crippen LogP contribution is -2.35. The number of aromatic nitrogens is 2. The van der Waals surface area contributed by atoms with Crippen LogP contribution in [0.4, 0.5) is 10.5 Å². The Labute approximate surface area is 173 Å². The Morgan fingerprint density at radius 3 is 2.40 bits per heavy atom. The van der Waals surface area contributed by atoms with Crippen LogP contribution in [-0.4, -0.2) is 37.4 Å². The molecule has 0 bridgehead atoms. The monoisotopic (exact) mass is 428 g/mol. The molecule has 0 saturated carbocycles. The van der Waals surface area contributed by atoms with Crippen molar-refractivity contribution in [2.24, 2.45) is 0 Å². The van der Waals surface area contributed by atoms with Crippen LogP contribution in [0.3, 0.4) is 0 Å². The minimum Gasteiger partial charge on any atom is -0.473 e. The number of carbonyl (C=O) groups excluding carboxylic acids is 1. The van der Waals surface area contributed by atoms with E-state index in [2.05, 4.69) is 21.2 Å². The quantitative estimate of drug-likeness (QED) is 0.773. The van der Waals surface area contributed by atoms with Crippen LogP contribution in [0, 0.1) is 0 Å². The number of nitrogens with zero attached hydrogens (tertiary/aromatic N) is 2. The molecule has 0 atom stereocenters. The van der Waals surface area contributed by atoms with Gasteiger partial charge in [0, 0.05) is 5.69 Å². The van der Waals surface area contributed by atoms with Gasteiger partial charge >= 0.3 is 6.03 Å². The van der Waals surface area contributed by atoms with E-state index < -0.39 is 16.1 Å².